The van der Waals surface area contributed by atoms with Crippen LogP contribution in [0.15, 0.2) is 12.1 Å². The molecule has 13 heteroatoms. The SMILES string of the molecule is CC[N+](C)(CC)CC.CC[N+](C)(CC)CC.CC[N+](C)(CC)CC.CC[N+](C)(CC)CC.O=C(O)c1ccc(I)c(I)c1[O-].[O-]B([O-])[O-]. The lowest BCUT2D eigenvalue weighted by molar-refractivity contribution is -0.904. The van der Waals surface area contributed by atoms with Gasteiger partial charge in [-0.2, -0.15) is 0 Å². The van der Waals surface area contributed by atoms with Crippen molar-refractivity contribution in [3.05, 3.63) is 24.8 Å². The minimum atomic E-state index is -2.92. The summed E-state index contributed by atoms with van der Waals surface area (Å²) >= 11 is 3.83. The van der Waals surface area contributed by atoms with E-state index in [1.165, 1.54) is 103 Å². The predicted molar refractivity (Wildman–Crippen MR) is 215 cm³/mol. The largest absolute Gasteiger partial charge is 0.907 e. The molecule has 0 amide bonds. The fraction of sp³-hybridized carbons (Fsp3) is 0.800. The highest BCUT2D eigenvalue weighted by Crippen LogP contribution is 2.26. The molecule has 0 aliphatic carbocycles. The number of hydrogen-bond acceptors (Lipinski definition) is 5. The van der Waals surface area contributed by atoms with Gasteiger partial charge in [0.05, 0.1) is 112 Å². The lowest BCUT2D eigenvalue weighted by Gasteiger charge is -2.35. The number of hydrogen-bond donors (Lipinski definition) is 1. The Bertz CT molecular complexity index is 805. The minimum Gasteiger partial charge on any atom is -0.907 e. The summed E-state index contributed by atoms with van der Waals surface area (Å²) in [6, 6.07) is 2.95. The average Bonchev–Trinajstić information content (AvgIpc) is 3.09. The van der Waals surface area contributed by atoms with Gasteiger partial charge in [-0.3, -0.25) is 7.32 Å². The maximum atomic E-state index is 11.2. The van der Waals surface area contributed by atoms with Crippen LogP contribution in [0, 0.1) is 7.14 Å². The number of rotatable bonds is 13. The number of aromatic carboxylic acids is 1. The number of carboxylic acids is 1. The van der Waals surface area contributed by atoms with Crippen molar-refractivity contribution in [3.63, 3.8) is 0 Å². The second kappa shape index (κ2) is 31.5. The average molecular weight is 913 g/mol. The summed E-state index contributed by atoms with van der Waals surface area (Å²) in [7, 11) is 6.25. The first-order valence-corrected chi connectivity index (χ1v) is 19.9. The van der Waals surface area contributed by atoms with Crippen molar-refractivity contribution in [2.24, 2.45) is 0 Å². The van der Waals surface area contributed by atoms with Crippen LogP contribution in [0.1, 0.15) is 93.4 Å². The molecule has 0 radical (unpaired) electrons. The summed E-state index contributed by atoms with van der Waals surface area (Å²) in [6.45, 7) is 42.0. The molecule has 0 heterocycles. The lowest BCUT2D eigenvalue weighted by atomic mass is 10.2. The summed E-state index contributed by atoms with van der Waals surface area (Å²) in [6.07, 6.45) is 0. The van der Waals surface area contributed by atoms with Gasteiger partial charge in [-0.1, -0.05) is 5.75 Å². The van der Waals surface area contributed by atoms with E-state index in [9.17, 15) is 9.90 Å². The van der Waals surface area contributed by atoms with Crippen LogP contribution in [0.5, 0.6) is 5.75 Å². The highest BCUT2D eigenvalue weighted by molar-refractivity contribution is 14.1. The smallest absolute Gasteiger partial charge is 0.335 e. The second-order valence-corrected chi connectivity index (χ2v) is 14.8. The fourth-order valence-electron chi connectivity index (χ4n) is 3.38. The number of quaternary nitrogens is 4. The summed E-state index contributed by atoms with van der Waals surface area (Å²) in [5.74, 6) is -1.58. The van der Waals surface area contributed by atoms with Crippen LogP contribution < -0.4 is 20.2 Å². The summed E-state index contributed by atoms with van der Waals surface area (Å²) < 4.78 is 6.08. The number of benzene rings is 1. The maximum absolute atomic E-state index is 11.2. The standard InChI is InChI=1S/C7H4I2O3.4C7H18N.BO3/c8-4-2-1-3(7(11)12)6(10)5(4)9;4*1-5-8(4,6-2)7-3;2-1(3)4/h1-2,10H,(H,11,12);4*5-7H2,1-4H3;/q;4*+1;-3/p-1. The van der Waals surface area contributed by atoms with E-state index in [0.29, 0.717) is 3.57 Å². The highest BCUT2D eigenvalue weighted by Gasteiger charge is 2.13. The van der Waals surface area contributed by atoms with Crippen molar-refractivity contribution in [3.8, 4) is 5.75 Å². The van der Waals surface area contributed by atoms with Gasteiger partial charge in [-0.05, 0) is 140 Å². The van der Waals surface area contributed by atoms with Gasteiger partial charge in [0.25, 0.3) is 0 Å². The third-order valence-corrected chi connectivity index (χ3v) is 13.4. The molecular formula is C35H75BI2N4O6. The molecule has 0 unspecified atom stereocenters. The quantitative estimate of drug-likeness (QED) is 0.183. The zero-order valence-electron chi connectivity index (χ0n) is 33.8. The lowest BCUT2D eigenvalue weighted by Crippen LogP contribution is -2.56. The number of carbonyl (C=O) groups is 1. The highest BCUT2D eigenvalue weighted by atomic mass is 127. The van der Waals surface area contributed by atoms with Crippen LogP contribution in [-0.4, -0.2) is 143 Å². The maximum Gasteiger partial charge on any atom is 0.335 e. The zero-order chi connectivity index (χ0) is 39.4. The molecule has 0 aromatic heterocycles. The molecule has 0 saturated carbocycles. The van der Waals surface area contributed by atoms with Gasteiger partial charge in [0.1, 0.15) is 0 Å². The van der Waals surface area contributed by atoms with Crippen LogP contribution in [0.2, 0.25) is 0 Å². The van der Waals surface area contributed by atoms with Crippen LogP contribution >= 0.6 is 45.2 Å². The molecule has 0 bridgehead atoms. The van der Waals surface area contributed by atoms with Gasteiger partial charge in [0, 0.05) is 7.14 Å². The Balaban J connectivity index is -0.000000158. The molecule has 48 heavy (non-hydrogen) atoms. The van der Waals surface area contributed by atoms with Gasteiger partial charge < -0.3 is 43.2 Å². The van der Waals surface area contributed by atoms with E-state index in [1.54, 1.807) is 6.07 Å². The zero-order valence-corrected chi connectivity index (χ0v) is 38.1. The summed E-state index contributed by atoms with van der Waals surface area (Å²) in [5.41, 5.74) is -0.167. The van der Waals surface area contributed by atoms with Gasteiger partial charge >= 0.3 is 5.97 Å². The van der Waals surface area contributed by atoms with Gasteiger partial charge in [0.2, 0.25) is 0 Å². The number of halogens is 2. The predicted octanol–water partition coefficient (Wildman–Crippen LogP) is 3.69. The Morgan fingerprint density at radius 2 is 0.750 bits per heavy atom. The first-order valence-electron chi connectivity index (χ1n) is 17.7. The third kappa shape index (κ3) is 28.4. The normalized spacial score (nSPS) is 11.0. The van der Waals surface area contributed by atoms with Crippen LogP contribution in [0.25, 0.3) is 0 Å². The van der Waals surface area contributed by atoms with Gasteiger partial charge in [-0.15, -0.1) is 0 Å². The first-order chi connectivity index (χ1) is 22.0. The van der Waals surface area contributed by atoms with Crippen LogP contribution in [0.4, 0.5) is 0 Å². The molecule has 0 aliphatic heterocycles. The van der Waals surface area contributed by atoms with E-state index < -0.39 is 19.0 Å². The van der Waals surface area contributed by atoms with Crippen LogP contribution in [0.3, 0.4) is 0 Å². The molecule has 0 spiro atoms. The van der Waals surface area contributed by atoms with E-state index >= 15 is 0 Å². The van der Waals surface area contributed by atoms with Crippen LogP contribution in [-0.2, 0) is 0 Å². The van der Waals surface area contributed by atoms with Crippen molar-refractivity contribution < 1.29 is 48.0 Å². The number of nitrogens with zero attached hydrogens (tertiary/aromatic N) is 4. The molecular weight excluding hydrogens is 837 g/mol. The van der Waals surface area contributed by atoms with Crippen molar-refractivity contribution in [2.75, 3.05) is 107 Å². The fourth-order valence-corrected chi connectivity index (χ4v) is 4.28. The minimum absolute atomic E-state index is 0.167. The summed E-state index contributed by atoms with van der Waals surface area (Å²) in [5, 5.41) is 45.1. The van der Waals surface area contributed by atoms with Crippen molar-refractivity contribution in [2.45, 2.75) is 83.1 Å². The van der Waals surface area contributed by atoms with Gasteiger partial charge in [0.15, 0.2) is 0 Å². The molecule has 0 fully saturated rings. The monoisotopic (exact) mass is 912 g/mol. The molecule has 10 nitrogen and oxygen atoms in total. The third-order valence-electron chi connectivity index (χ3n) is 10.4. The Labute approximate surface area is 325 Å². The summed E-state index contributed by atoms with van der Waals surface area (Å²) in [4.78, 5) is 10.5. The van der Waals surface area contributed by atoms with Crippen molar-refractivity contribution in [1.29, 1.82) is 0 Å². The van der Waals surface area contributed by atoms with E-state index in [0.717, 1.165) is 3.57 Å². The molecule has 1 N–H and O–H groups in total. The Hall–Kier alpha value is -0.265. The molecule has 0 atom stereocenters. The molecule has 1 aromatic carbocycles. The van der Waals surface area contributed by atoms with Gasteiger partial charge in [-0.25, -0.2) is 4.79 Å². The Morgan fingerprint density at radius 3 is 0.875 bits per heavy atom. The number of carboxylic acid groups (broad SMARTS) is 1. The van der Waals surface area contributed by atoms with E-state index in [4.69, 9.17) is 20.2 Å². The topological polar surface area (TPSA) is 130 Å². The first kappa shape index (κ1) is 57.1. The molecule has 0 aliphatic rings. The Morgan fingerprint density at radius 1 is 0.562 bits per heavy atom. The molecule has 288 valence electrons. The molecule has 0 saturated heterocycles. The molecule has 1 rings (SSSR count). The van der Waals surface area contributed by atoms with E-state index in [1.807, 2.05) is 45.2 Å². The van der Waals surface area contributed by atoms with Crippen molar-refractivity contribution in [1.82, 2.24) is 0 Å². The van der Waals surface area contributed by atoms with E-state index in [-0.39, 0.29) is 5.56 Å². The second-order valence-electron chi connectivity index (χ2n) is 12.6. The molecule has 1 aromatic rings. The Kier molecular flexibility index (Phi) is 37.4. The van der Waals surface area contributed by atoms with Crippen molar-refractivity contribution >= 4 is 58.5 Å². The van der Waals surface area contributed by atoms with E-state index in [2.05, 4.69) is 111 Å².